The van der Waals surface area contributed by atoms with Gasteiger partial charge in [0, 0.05) is 10.9 Å². The summed E-state index contributed by atoms with van der Waals surface area (Å²) in [7, 11) is 0. The summed E-state index contributed by atoms with van der Waals surface area (Å²) in [4.78, 5) is 11.6. The molecule has 0 radical (unpaired) electrons. The molecule has 0 amide bonds. The van der Waals surface area contributed by atoms with Crippen LogP contribution in [0.25, 0.3) is 0 Å². The van der Waals surface area contributed by atoms with Crippen LogP contribution in [-0.2, 0) is 0 Å². The number of rotatable bonds is 1. The lowest BCUT2D eigenvalue weighted by Crippen LogP contribution is -1.84. The van der Waals surface area contributed by atoms with Gasteiger partial charge in [-0.2, -0.15) is 0 Å². The highest BCUT2D eigenvalue weighted by Crippen LogP contribution is 2.13. The molecule has 0 atom stereocenters. The first-order chi connectivity index (χ1) is 5.74. The van der Waals surface area contributed by atoms with Crippen molar-refractivity contribution in [1.29, 1.82) is 0 Å². The average Bonchev–Trinajstić information content (AvgIpc) is 2.48. The molecule has 3 heteroatoms. The minimum atomic E-state index is -0.148. The van der Waals surface area contributed by atoms with E-state index in [4.69, 9.17) is 5.11 Å². The molecule has 1 heterocycles. The first kappa shape index (κ1) is 8.98. The van der Waals surface area contributed by atoms with Crippen molar-refractivity contribution in [1.82, 2.24) is 0 Å². The van der Waals surface area contributed by atoms with E-state index in [1.807, 2.05) is 0 Å². The predicted molar refractivity (Wildman–Crippen MR) is 48.3 cm³/mol. The van der Waals surface area contributed by atoms with Crippen LogP contribution >= 0.6 is 11.3 Å². The summed E-state index contributed by atoms with van der Waals surface area (Å²) in [6.45, 7) is 1.38. The Morgan fingerprint density at radius 1 is 1.75 bits per heavy atom. The molecule has 0 unspecified atom stereocenters. The molecule has 0 aliphatic rings. The van der Waals surface area contributed by atoms with Crippen LogP contribution in [0.1, 0.15) is 22.2 Å². The topological polar surface area (TPSA) is 37.3 Å². The molecule has 62 valence electrons. The zero-order valence-corrected chi connectivity index (χ0v) is 7.44. The van der Waals surface area contributed by atoms with E-state index in [2.05, 4.69) is 11.8 Å². The van der Waals surface area contributed by atoms with Crippen LogP contribution in [-0.4, -0.2) is 17.5 Å². The third kappa shape index (κ3) is 2.19. The van der Waals surface area contributed by atoms with Crippen LogP contribution in [0.4, 0.5) is 0 Å². The number of carbonyl (C=O) groups excluding carboxylic acids is 1. The standard InChI is InChI=1S/C9H8O2S/c1-7(11)9-5-8(6-12-9)3-2-4-10/h5-6,10H,4H2,1H3. The van der Waals surface area contributed by atoms with Crippen molar-refractivity contribution in [2.45, 2.75) is 6.92 Å². The van der Waals surface area contributed by atoms with E-state index >= 15 is 0 Å². The SMILES string of the molecule is CC(=O)c1cc(C#CCO)cs1. The van der Waals surface area contributed by atoms with Crippen molar-refractivity contribution in [3.63, 3.8) is 0 Å². The zero-order chi connectivity index (χ0) is 8.97. The average molecular weight is 180 g/mol. The maximum absolute atomic E-state index is 10.8. The molecule has 0 fully saturated rings. The fourth-order valence-corrected chi connectivity index (χ4v) is 1.47. The molecular formula is C9H8O2S. The third-order valence-corrected chi connectivity index (χ3v) is 2.29. The highest BCUT2D eigenvalue weighted by Gasteiger charge is 2.01. The molecule has 0 aromatic carbocycles. The van der Waals surface area contributed by atoms with E-state index in [0.29, 0.717) is 4.88 Å². The van der Waals surface area contributed by atoms with E-state index in [-0.39, 0.29) is 12.4 Å². The first-order valence-electron chi connectivity index (χ1n) is 3.43. The van der Waals surface area contributed by atoms with Gasteiger partial charge in [0.05, 0.1) is 4.88 Å². The second-order valence-corrected chi connectivity index (χ2v) is 3.13. The Labute approximate surface area is 74.9 Å². The minimum absolute atomic E-state index is 0.0528. The lowest BCUT2D eigenvalue weighted by molar-refractivity contribution is 0.102. The monoisotopic (exact) mass is 180 g/mol. The molecular weight excluding hydrogens is 172 g/mol. The number of ketones is 1. The molecule has 0 aliphatic carbocycles. The molecule has 1 aromatic heterocycles. The maximum Gasteiger partial charge on any atom is 0.169 e. The normalized spacial score (nSPS) is 8.83. The molecule has 2 nitrogen and oxygen atoms in total. The number of carbonyl (C=O) groups is 1. The molecule has 0 spiro atoms. The van der Waals surface area contributed by atoms with E-state index < -0.39 is 0 Å². The first-order valence-corrected chi connectivity index (χ1v) is 4.31. The Hall–Kier alpha value is -1.11. The van der Waals surface area contributed by atoms with Gasteiger partial charge in [0.1, 0.15) is 6.61 Å². The summed E-state index contributed by atoms with van der Waals surface area (Å²) in [5.74, 6) is 5.30. The van der Waals surface area contributed by atoms with Crippen molar-refractivity contribution in [2.75, 3.05) is 6.61 Å². The van der Waals surface area contributed by atoms with Gasteiger partial charge < -0.3 is 5.11 Å². The second kappa shape index (κ2) is 4.05. The van der Waals surface area contributed by atoms with Gasteiger partial charge in [-0.05, 0) is 13.0 Å². The second-order valence-electron chi connectivity index (χ2n) is 2.22. The van der Waals surface area contributed by atoms with Crippen LogP contribution in [0.2, 0.25) is 0 Å². The van der Waals surface area contributed by atoms with Crippen molar-refractivity contribution >= 4 is 17.1 Å². The number of hydrogen-bond acceptors (Lipinski definition) is 3. The van der Waals surface area contributed by atoms with E-state index in [1.165, 1.54) is 18.3 Å². The summed E-state index contributed by atoms with van der Waals surface area (Å²) < 4.78 is 0. The van der Waals surface area contributed by atoms with Crippen LogP contribution in [0, 0.1) is 11.8 Å². The maximum atomic E-state index is 10.8. The van der Waals surface area contributed by atoms with Crippen LogP contribution in [0.5, 0.6) is 0 Å². The number of aliphatic hydroxyl groups is 1. The summed E-state index contributed by atoms with van der Waals surface area (Å²) in [6.07, 6.45) is 0. The minimum Gasteiger partial charge on any atom is -0.384 e. The molecule has 0 aliphatic heterocycles. The van der Waals surface area contributed by atoms with Gasteiger partial charge >= 0.3 is 0 Å². The van der Waals surface area contributed by atoms with Gasteiger partial charge in [0.2, 0.25) is 0 Å². The summed E-state index contributed by atoms with van der Waals surface area (Å²) >= 11 is 1.37. The summed E-state index contributed by atoms with van der Waals surface area (Å²) in [5.41, 5.74) is 0.791. The fourth-order valence-electron chi connectivity index (χ4n) is 0.728. The summed E-state index contributed by atoms with van der Waals surface area (Å²) in [6, 6.07) is 1.73. The Morgan fingerprint density at radius 2 is 2.50 bits per heavy atom. The lowest BCUT2D eigenvalue weighted by Gasteiger charge is -1.81. The molecule has 1 rings (SSSR count). The van der Waals surface area contributed by atoms with Crippen molar-refractivity contribution < 1.29 is 9.90 Å². The smallest absolute Gasteiger partial charge is 0.169 e. The zero-order valence-electron chi connectivity index (χ0n) is 6.63. The molecule has 0 bridgehead atoms. The van der Waals surface area contributed by atoms with Gasteiger partial charge in [-0.25, -0.2) is 0 Å². The number of aliphatic hydroxyl groups excluding tert-OH is 1. The molecule has 1 aromatic rings. The van der Waals surface area contributed by atoms with Gasteiger partial charge in [-0.15, -0.1) is 11.3 Å². The summed E-state index contributed by atoms with van der Waals surface area (Å²) in [5, 5.41) is 10.2. The highest BCUT2D eigenvalue weighted by molar-refractivity contribution is 7.12. The van der Waals surface area contributed by atoms with Crippen LogP contribution < -0.4 is 0 Å². The van der Waals surface area contributed by atoms with Gasteiger partial charge in [0.25, 0.3) is 0 Å². The molecule has 1 N–H and O–H groups in total. The largest absolute Gasteiger partial charge is 0.384 e. The number of Topliss-reactive ketones (excluding diaryl/α,β-unsaturated/α-hetero) is 1. The van der Waals surface area contributed by atoms with E-state index in [0.717, 1.165) is 5.56 Å². The predicted octanol–water partition coefficient (Wildman–Crippen LogP) is 1.29. The van der Waals surface area contributed by atoms with E-state index in [9.17, 15) is 4.79 Å². The quantitative estimate of drug-likeness (QED) is 0.522. The fraction of sp³-hybridized carbons (Fsp3) is 0.222. The van der Waals surface area contributed by atoms with Gasteiger partial charge in [0.15, 0.2) is 5.78 Å². The molecule has 0 saturated heterocycles. The lowest BCUT2D eigenvalue weighted by atomic mass is 10.3. The van der Waals surface area contributed by atoms with Crippen molar-refractivity contribution in [3.05, 3.63) is 21.9 Å². The highest BCUT2D eigenvalue weighted by atomic mass is 32.1. The van der Waals surface area contributed by atoms with Crippen LogP contribution in [0.3, 0.4) is 0 Å². The Morgan fingerprint density at radius 3 is 3.00 bits per heavy atom. The molecule has 0 saturated carbocycles. The van der Waals surface area contributed by atoms with Crippen molar-refractivity contribution in [2.24, 2.45) is 0 Å². The van der Waals surface area contributed by atoms with Gasteiger partial charge in [-0.3, -0.25) is 4.79 Å². The van der Waals surface area contributed by atoms with E-state index in [1.54, 1.807) is 11.4 Å². The Kier molecular flexibility index (Phi) is 3.03. The Balaban J connectivity index is 2.84. The van der Waals surface area contributed by atoms with Crippen LogP contribution in [0.15, 0.2) is 11.4 Å². The van der Waals surface area contributed by atoms with Crippen molar-refractivity contribution in [3.8, 4) is 11.8 Å². The van der Waals surface area contributed by atoms with Gasteiger partial charge in [-0.1, -0.05) is 11.8 Å². The Bertz CT molecular complexity index is 341. The number of thiophene rings is 1. The molecule has 12 heavy (non-hydrogen) atoms. The number of hydrogen-bond donors (Lipinski definition) is 1. The third-order valence-electron chi connectivity index (χ3n) is 1.26.